The highest BCUT2D eigenvalue weighted by Crippen LogP contribution is 2.46. The minimum atomic E-state index is 0.848. The summed E-state index contributed by atoms with van der Waals surface area (Å²) in [6.45, 7) is 0. The maximum atomic E-state index is 6.78. The van der Waals surface area contributed by atoms with E-state index in [1.165, 1.54) is 11.1 Å². The standard InChI is InChI=1S/C48H31NO2/c1-3-12-32(13-4-1)33-22-26-36(27-23-33)49(37-28-24-35(25-29-37)39-18-11-19-41-40-16-7-9-20-44(40)50-47(39)41)43-31-30-38(34-14-5-2-6-15-34)46-42-17-8-10-21-45(42)51-48(43)46/h1-31H. The minimum absolute atomic E-state index is 0.848. The molecule has 8 aromatic carbocycles. The lowest BCUT2D eigenvalue weighted by Crippen LogP contribution is -2.10. The fraction of sp³-hybridized carbons (Fsp3) is 0. The largest absolute Gasteiger partial charge is 0.455 e. The van der Waals surface area contributed by atoms with E-state index in [1.54, 1.807) is 0 Å². The average molecular weight is 654 g/mol. The van der Waals surface area contributed by atoms with Crippen molar-refractivity contribution in [1.29, 1.82) is 0 Å². The molecule has 51 heavy (non-hydrogen) atoms. The molecule has 2 aromatic heterocycles. The number of nitrogens with zero attached hydrogens (tertiary/aromatic N) is 1. The van der Waals surface area contributed by atoms with Gasteiger partial charge in [-0.05, 0) is 70.3 Å². The summed E-state index contributed by atoms with van der Waals surface area (Å²) in [7, 11) is 0. The van der Waals surface area contributed by atoms with Gasteiger partial charge in [0, 0.05) is 38.5 Å². The van der Waals surface area contributed by atoms with Crippen molar-refractivity contribution in [3.63, 3.8) is 0 Å². The Morgan fingerprint density at radius 3 is 1.53 bits per heavy atom. The Labute approximate surface area is 295 Å². The highest BCUT2D eigenvalue weighted by Gasteiger charge is 2.22. The van der Waals surface area contributed by atoms with Crippen LogP contribution in [0.1, 0.15) is 0 Å². The molecule has 10 rings (SSSR count). The number of anilines is 3. The molecule has 10 aromatic rings. The first-order valence-electron chi connectivity index (χ1n) is 17.3. The molecule has 0 saturated heterocycles. The molecule has 0 spiro atoms. The summed E-state index contributed by atoms with van der Waals surface area (Å²) in [5.41, 5.74) is 13.4. The molecule has 0 unspecified atom stereocenters. The molecule has 2 heterocycles. The molecule has 0 N–H and O–H groups in total. The van der Waals surface area contributed by atoms with Gasteiger partial charge >= 0.3 is 0 Å². The van der Waals surface area contributed by atoms with Crippen LogP contribution in [0.25, 0.3) is 77.3 Å². The van der Waals surface area contributed by atoms with Crippen molar-refractivity contribution in [2.45, 2.75) is 0 Å². The summed E-state index contributed by atoms with van der Waals surface area (Å²) in [6, 6.07) is 66.0. The van der Waals surface area contributed by atoms with Gasteiger partial charge in [-0.1, -0.05) is 146 Å². The zero-order chi connectivity index (χ0) is 33.7. The van der Waals surface area contributed by atoms with Crippen LogP contribution in [0.4, 0.5) is 17.1 Å². The van der Waals surface area contributed by atoms with Crippen molar-refractivity contribution in [1.82, 2.24) is 0 Å². The molecule has 0 saturated carbocycles. The van der Waals surface area contributed by atoms with Crippen LogP contribution in [0.15, 0.2) is 197 Å². The normalized spacial score (nSPS) is 11.5. The summed E-state index contributed by atoms with van der Waals surface area (Å²) < 4.78 is 13.2. The number of hydrogen-bond acceptors (Lipinski definition) is 3. The summed E-state index contributed by atoms with van der Waals surface area (Å²) in [4.78, 5) is 2.31. The summed E-state index contributed by atoms with van der Waals surface area (Å²) >= 11 is 0. The average Bonchev–Trinajstić information content (AvgIpc) is 3.79. The topological polar surface area (TPSA) is 29.5 Å². The van der Waals surface area contributed by atoms with Gasteiger partial charge in [0.15, 0.2) is 5.58 Å². The zero-order valence-corrected chi connectivity index (χ0v) is 27.7. The van der Waals surface area contributed by atoms with E-state index in [2.05, 4.69) is 175 Å². The number of para-hydroxylation sites is 3. The van der Waals surface area contributed by atoms with Crippen molar-refractivity contribution in [2.24, 2.45) is 0 Å². The van der Waals surface area contributed by atoms with Crippen molar-refractivity contribution in [3.05, 3.63) is 188 Å². The van der Waals surface area contributed by atoms with Crippen LogP contribution in [-0.4, -0.2) is 0 Å². The Balaban J connectivity index is 1.16. The van der Waals surface area contributed by atoms with Crippen molar-refractivity contribution in [2.75, 3.05) is 4.90 Å². The van der Waals surface area contributed by atoms with Crippen LogP contribution in [0.3, 0.4) is 0 Å². The van der Waals surface area contributed by atoms with E-state index in [1.807, 2.05) is 18.2 Å². The molecular weight excluding hydrogens is 623 g/mol. The van der Waals surface area contributed by atoms with Gasteiger partial charge in [0.2, 0.25) is 0 Å². The lowest BCUT2D eigenvalue weighted by Gasteiger charge is -2.26. The number of hydrogen-bond donors (Lipinski definition) is 0. The molecule has 0 atom stereocenters. The van der Waals surface area contributed by atoms with E-state index in [0.29, 0.717) is 0 Å². The Bertz CT molecular complexity index is 2830. The smallest absolute Gasteiger partial charge is 0.160 e. The second kappa shape index (κ2) is 11.9. The van der Waals surface area contributed by atoms with Crippen molar-refractivity contribution < 1.29 is 8.83 Å². The van der Waals surface area contributed by atoms with Crippen LogP contribution in [-0.2, 0) is 0 Å². The fourth-order valence-corrected chi connectivity index (χ4v) is 7.47. The van der Waals surface area contributed by atoms with Gasteiger partial charge < -0.3 is 13.7 Å². The zero-order valence-electron chi connectivity index (χ0n) is 27.7. The molecule has 3 heteroatoms. The summed E-state index contributed by atoms with van der Waals surface area (Å²) in [5.74, 6) is 0. The van der Waals surface area contributed by atoms with Crippen LogP contribution in [0.5, 0.6) is 0 Å². The minimum Gasteiger partial charge on any atom is -0.455 e. The van der Waals surface area contributed by atoms with Crippen LogP contribution < -0.4 is 4.90 Å². The molecule has 0 bridgehead atoms. The highest BCUT2D eigenvalue weighted by molar-refractivity contribution is 6.17. The molecule has 0 aliphatic rings. The second-order valence-corrected chi connectivity index (χ2v) is 12.9. The first-order chi connectivity index (χ1) is 25.3. The summed E-state index contributed by atoms with van der Waals surface area (Å²) in [6.07, 6.45) is 0. The third kappa shape index (κ3) is 4.90. The van der Waals surface area contributed by atoms with Gasteiger partial charge in [0.25, 0.3) is 0 Å². The summed E-state index contributed by atoms with van der Waals surface area (Å²) in [5, 5.41) is 4.46. The molecule has 3 nitrogen and oxygen atoms in total. The van der Waals surface area contributed by atoms with E-state index >= 15 is 0 Å². The fourth-order valence-electron chi connectivity index (χ4n) is 7.47. The Morgan fingerprint density at radius 1 is 0.314 bits per heavy atom. The van der Waals surface area contributed by atoms with E-state index in [9.17, 15) is 0 Å². The molecule has 0 aliphatic carbocycles. The van der Waals surface area contributed by atoms with Gasteiger partial charge in [-0.3, -0.25) is 0 Å². The number of furan rings is 2. The molecule has 0 aliphatic heterocycles. The van der Waals surface area contributed by atoms with Gasteiger partial charge in [-0.2, -0.15) is 0 Å². The number of fused-ring (bicyclic) bond motifs is 6. The van der Waals surface area contributed by atoms with Crippen LogP contribution in [0, 0.1) is 0 Å². The molecular formula is C48H31NO2. The SMILES string of the molecule is c1ccc(-c2ccc(N(c3ccc(-c4cccc5c4oc4ccccc45)cc3)c3ccc(-c4ccccc4)c4c3oc3ccccc34)cc2)cc1. The maximum absolute atomic E-state index is 6.78. The maximum Gasteiger partial charge on any atom is 0.160 e. The van der Waals surface area contributed by atoms with E-state index in [0.717, 1.165) is 83.2 Å². The second-order valence-electron chi connectivity index (χ2n) is 12.9. The van der Waals surface area contributed by atoms with E-state index < -0.39 is 0 Å². The first-order valence-corrected chi connectivity index (χ1v) is 17.3. The number of rotatable bonds is 6. The quantitative estimate of drug-likeness (QED) is 0.179. The predicted octanol–water partition coefficient (Wildman–Crippen LogP) is 14.0. The first kappa shape index (κ1) is 29.1. The Morgan fingerprint density at radius 2 is 0.824 bits per heavy atom. The Hall–Kier alpha value is -6.84. The molecule has 240 valence electrons. The Kier molecular flexibility index (Phi) is 6.81. The van der Waals surface area contributed by atoms with E-state index in [-0.39, 0.29) is 0 Å². The van der Waals surface area contributed by atoms with Gasteiger partial charge in [0.1, 0.15) is 16.7 Å². The van der Waals surface area contributed by atoms with Crippen molar-refractivity contribution in [3.8, 4) is 33.4 Å². The molecule has 0 radical (unpaired) electrons. The molecule has 0 amide bonds. The number of benzene rings is 8. The van der Waals surface area contributed by atoms with E-state index in [4.69, 9.17) is 8.83 Å². The third-order valence-corrected chi connectivity index (χ3v) is 9.90. The van der Waals surface area contributed by atoms with Gasteiger partial charge in [-0.25, -0.2) is 0 Å². The van der Waals surface area contributed by atoms with Crippen molar-refractivity contribution >= 4 is 60.9 Å². The lowest BCUT2D eigenvalue weighted by atomic mass is 9.98. The van der Waals surface area contributed by atoms with Crippen LogP contribution in [0.2, 0.25) is 0 Å². The lowest BCUT2D eigenvalue weighted by molar-refractivity contribution is 0.669. The predicted molar refractivity (Wildman–Crippen MR) is 212 cm³/mol. The molecule has 0 fully saturated rings. The monoisotopic (exact) mass is 653 g/mol. The van der Waals surface area contributed by atoms with Gasteiger partial charge in [-0.15, -0.1) is 0 Å². The van der Waals surface area contributed by atoms with Crippen LogP contribution >= 0.6 is 0 Å². The highest BCUT2D eigenvalue weighted by atomic mass is 16.3. The van der Waals surface area contributed by atoms with Gasteiger partial charge in [0.05, 0.1) is 5.69 Å². The third-order valence-electron chi connectivity index (χ3n) is 9.90.